The molecule has 2 N–H and O–H groups in total. The van der Waals surface area contributed by atoms with E-state index in [1.807, 2.05) is 0 Å². The minimum Gasteiger partial charge on any atom is -0.477 e. The summed E-state index contributed by atoms with van der Waals surface area (Å²) in [5.41, 5.74) is 0.644. The fourth-order valence-electron chi connectivity index (χ4n) is 1.72. The monoisotopic (exact) mass is 311 g/mol. The van der Waals surface area contributed by atoms with Crippen LogP contribution in [0.1, 0.15) is 16.6 Å². The Labute approximate surface area is 120 Å². The molecule has 0 spiro atoms. The second-order valence-electron chi connectivity index (χ2n) is 4.34. The van der Waals surface area contributed by atoms with Crippen LogP contribution in [0, 0.1) is 0 Å². The molecule has 0 unspecified atom stereocenters. The molecular formula is C13H13NO4S2. The van der Waals surface area contributed by atoms with E-state index >= 15 is 0 Å². The number of fused-ring (bicyclic) bond motifs is 1. The smallest absolute Gasteiger partial charge is 0.347 e. The number of carboxylic acid groups (broad SMARTS) is 1. The summed E-state index contributed by atoms with van der Waals surface area (Å²) in [6, 6.07) is 6.72. The number of benzene rings is 1. The minimum atomic E-state index is -3.90. The van der Waals surface area contributed by atoms with Gasteiger partial charge in [0.05, 0.1) is 0 Å². The first kappa shape index (κ1) is 14.7. The quantitative estimate of drug-likeness (QED) is 0.831. The van der Waals surface area contributed by atoms with Gasteiger partial charge in [-0.1, -0.05) is 30.4 Å². The summed E-state index contributed by atoms with van der Waals surface area (Å²) in [6.07, 6.45) is 0. The first-order valence-corrected chi connectivity index (χ1v) is 8.02. The molecule has 1 heterocycles. The highest BCUT2D eigenvalue weighted by atomic mass is 32.2. The lowest BCUT2D eigenvalue weighted by Crippen LogP contribution is -2.26. The predicted molar refractivity (Wildman–Crippen MR) is 78.8 cm³/mol. The molecule has 1 aromatic carbocycles. The summed E-state index contributed by atoms with van der Waals surface area (Å²) in [7, 11) is -3.90. The van der Waals surface area contributed by atoms with Crippen molar-refractivity contribution in [1.82, 2.24) is 4.72 Å². The van der Waals surface area contributed by atoms with Gasteiger partial charge in [-0.05, 0) is 13.0 Å². The Balaban J connectivity index is 2.65. The second kappa shape index (κ2) is 5.35. The zero-order chi connectivity index (χ0) is 14.9. The first-order chi connectivity index (χ1) is 9.33. The van der Waals surface area contributed by atoms with Gasteiger partial charge in [0.25, 0.3) is 0 Å². The van der Waals surface area contributed by atoms with Crippen LogP contribution in [0.4, 0.5) is 0 Å². The normalized spacial score (nSPS) is 11.7. The Kier molecular flexibility index (Phi) is 3.94. The lowest BCUT2D eigenvalue weighted by atomic mass is 10.2. The summed E-state index contributed by atoms with van der Waals surface area (Å²) >= 11 is 0.952. The largest absolute Gasteiger partial charge is 0.477 e. The van der Waals surface area contributed by atoms with Gasteiger partial charge < -0.3 is 5.11 Å². The van der Waals surface area contributed by atoms with E-state index in [1.165, 1.54) is 0 Å². The highest BCUT2D eigenvalue weighted by molar-refractivity contribution is 7.90. The minimum absolute atomic E-state index is 0.0750. The second-order valence-corrected chi connectivity index (χ2v) is 7.10. The van der Waals surface area contributed by atoms with Gasteiger partial charge in [-0.25, -0.2) is 17.9 Å². The van der Waals surface area contributed by atoms with E-state index in [0.29, 0.717) is 15.7 Å². The van der Waals surface area contributed by atoms with Crippen molar-refractivity contribution in [2.24, 2.45) is 0 Å². The molecule has 7 heteroatoms. The van der Waals surface area contributed by atoms with Crippen molar-refractivity contribution in [2.45, 2.75) is 11.8 Å². The van der Waals surface area contributed by atoms with Crippen LogP contribution < -0.4 is 4.72 Å². The van der Waals surface area contributed by atoms with Crippen LogP contribution in [0.5, 0.6) is 0 Å². The number of carboxylic acids is 1. The molecule has 20 heavy (non-hydrogen) atoms. The number of hydrogen-bond donors (Lipinski definition) is 2. The predicted octanol–water partition coefficient (Wildman–Crippen LogP) is 2.45. The van der Waals surface area contributed by atoms with E-state index in [1.54, 1.807) is 31.2 Å². The van der Waals surface area contributed by atoms with Crippen molar-refractivity contribution in [1.29, 1.82) is 0 Å². The van der Waals surface area contributed by atoms with Crippen LogP contribution in [-0.2, 0) is 10.0 Å². The van der Waals surface area contributed by atoms with E-state index < -0.39 is 16.0 Å². The first-order valence-electron chi connectivity index (χ1n) is 5.72. The molecule has 0 amide bonds. The zero-order valence-corrected chi connectivity index (χ0v) is 12.3. The van der Waals surface area contributed by atoms with E-state index in [9.17, 15) is 18.3 Å². The van der Waals surface area contributed by atoms with Gasteiger partial charge in [-0.2, -0.15) is 0 Å². The number of sulfonamides is 1. The number of aromatic carboxylic acids is 1. The van der Waals surface area contributed by atoms with Gasteiger partial charge >= 0.3 is 5.97 Å². The maximum atomic E-state index is 12.3. The summed E-state index contributed by atoms with van der Waals surface area (Å²) < 4.78 is 27.6. The van der Waals surface area contributed by atoms with Crippen LogP contribution in [0.2, 0.25) is 0 Å². The molecular weight excluding hydrogens is 298 g/mol. The van der Waals surface area contributed by atoms with Gasteiger partial charge in [0.1, 0.15) is 9.77 Å². The molecule has 106 valence electrons. The Hall–Kier alpha value is -1.70. The number of carbonyl (C=O) groups is 1. The van der Waals surface area contributed by atoms with Gasteiger partial charge in [0, 0.05) is 16.6 Å². The van der Waals surface area contributed by atoms with Gasteiger partial charge in [-0.15, -0.1) is 11.3 Å². The molecule has 0 aliphatic rings. The average Bonchev–Trinajstić information content (AvgIpc) is 2.76. The van der Waals surface area contributed by atoms with Crippen molar-refractivity contribution < 1.29 is 18.3 Å². The molecule has 0 atom stereocenters. The molecule has 2 aromatic rings. The molecule has 2 rings (SSSR count). The number of hydrogen-bond acceptors (Lipinski definition) is 4. The molecule has 5 nitrogen and oxygen atoms in total. The molecule has 0 radical (unpaired) electrons. The van der Waals surface area contributed by atoms with Crippen LogP contribution in [0.25, 0.3) is 10.1 Å². The van der Waals surface area contributed by atoms with Crippen molar-refractivity contribution >= 4 is 37.4 Å². The SMILES string of the molecule is C=C(C)CNS(=O)(=O)c1c(C(=O)O)sc2ccccc12. The van der Waals surface area contributed by atoms with Crippen molar-refractivity contribution in [3.8, 4) is 0 Å². The van der Waals surface area contributed by atoms with E-state index in [-0.39, 0.29) is 16.3 Å². The van der Waals surface area contributed by atoms with Crippen molar-refractivity contribution in [3.05, 3.63) is 41.3 Å². The summed E-state index contributed by atoms with van der Waals surface area (Å²) in [4.78, 5) is 10.9. The van der Waals surface area contributed by atoms with Crippen LogP contribution in [-0.4, -0.2) is 26.0 Å². The van der Waals surface area contributed by atoms with E-state index in [2.05, 4.69) is 11.3 Å². The summed E-state index contributed by atoms with van der Waals surface area (Å²) in [6.45, 7) is 5.38. The molecule has 0 fully saturated rings. The fourth-order valence-corrected chi connectivity index (χ4v) is 4.55. The summed E-state index contributed by atoms with van der Waals surface area (Å²) in [5.74, 6) is -1.25. The van der Waals surface area contributed by atoms with E-state index in [4.69, 9.17) is 0 Å². The van der Waals surface area contributed by atoms with Crippen molar-refractivity contribution in [2.75, 3.05) is 6.54 Å². The third kappa shape index (κ3) is 2.74. The lowest BCUT2D eigenvalue weighted by molar-refractivity contribution is 0.0698. The Morgan fingerprint density at radius 2 is 2.05 bits per heavy atom. The number of thiophene rings is 1. The highest BCUT2D eigenvalue weighted by Gasteiger charge is 2.27. The third-order valence-electron chi connectivity index (χ3n) is 2.58. The summed E-state index contributed by atoms with van der Waals surface area (Å²) in [5, 5.41) is 9.63. The van der Waals surface area contributed by atoms with Gasteiger partial charge in [-0.3, -0.25) is 0 Å². The molecule has 0 bridgehead atoms. The molecule has 0 aliphatic heterocycles. The van der Waals surface area contributed by atoms with Crippen LogP contribution in [0.15, 0.2) is 41.3 Å². The zero-order valence-electron chi connectivity index (χ0n) is 10.7. The molecule has 0 aliphatic carbocycles. The number of nitrogens with one attached hydrogen (secondary N) is 1. The van der Waals surface area contributed by atoms with Crippen molar-refractivity contribution in [3.63, 3.8) is 0 Å². The Morgan fingerprint density at radius 1 is 1.40 bits per heavy atom. The Bertz CT molecular complexity index is 790. The standard InChI is InChI=1S/C13H13NO4S2/c1-8(2)7-14-20(17,18)12-9-5-3-4-6-10(9)19-11(12)13(15)16/h3-6,14H,1,7H2,2H3,(H,15,16). The highest BCUT2D eigenvalue weighted by Crippen LogP contribution is 2.34. The Morgan fingerprint density at radius 3 is 2.65 bits per heavy atom. The fraction of sp³-hybridized carbons (Fsp3) is 0.154. The lowest BCUT2D eigenvalue weighted by Gasteiger charge is -2.06. The third-order valence-corrected chi connectivity index (χ3v) is 5.35. The molecule has 1 aromatic heterocycles. The van der Waals surface area contributed by atoms with Gasteiger partial charge in [0.2, 0.25) is 10.0 Å². The molecule has 0 saturated carbocycles. The van der Waals surface area contributed by atoms with E-state index in [0.717, 1.165) is 11.3 Å². The average molecular weight is 311 g/mol. The van der Waals surface area contributed by atoms with Crippen LogP contribution in [0.3, 0.4) is 0 Å². The molecule has 0 saturated heterocycles. The maximum Gasteiger partial charge on any atom is 0.347 e. The maximum absolute atomic E-state index is 12.3. The topological polar surface area (TPSA) is 83.5 Å². The van der Waals surface area contributed by atoms with Gasteiger partial charge in [0.15, 0.2) is 0 Å². The van der Waals surface area contributed by atoms with Crippen LogP contribution >= 0.6 is 11.3 Å². The number of rotatable bonds is 5.